The molecule has 0 heterocycles. The van der Waals surface area contributed by atoms with E-state index in [1.807, 2.05) is 0 Å². The predicted octanol–water partition coefficient (Wildman–Crippen LogP) is -14.2. The SMILES string of the molecule is O=C([O-])CC(O)(CC(=O)[O-])C(=O)[O-].[Rb+].[Rb+].[Rb+]. The Hall–Kier alpha value is 3.79. The number of carboxylic acids is 3. The van der Waals surface area contributed by atoms with Crippen molar-refractivity contribution in [1.82, 2.24) is 0 Å². The third-order valence-corrected chi connectivity index (χ3v) is 1.25. The maximum Gasteiger partial charge on any atom is 1.00 e. The van der Waals surface area contributed by atoms with Crippen molar-refractivity contribution in [2.45, 2.75) is 18.4 Å². The first-order valence-corrected chi connectivity index (χ1v) is 3.11. The van der Waals surface area contributed by atoms with Crippen LogP contribution in [0.5, 0.6) is 0 Å². The van der Waals surface area contributed by atoms with Crippen molar-refractivity contribution in [3.63, 3.8) is 0 Å². The van der Waals surface area contributed by atoms with Gasteiger partial charge in [0, 0.05) is 24.8 Å². The van der Waals surface area contributed by atoms with E-state index in [1.165, 1.54) is 0 Å². The summed E-state index contributed by atoms with van der Waals surface area (Å²) in [6.45, 7) is 0. The van der Waals surface area contributed by atoms with Crippen LogP contribution < -0.4 is 190 Å². The second-order valence-corrected chi connectivity index (χ2v) is 2.42. The van der Waals surface area contributed by atoms with Crippen molar-refractivity contribution >= 4 is 17.9 Å². The van der Waals surface area contributed by atoms with Crippen LogP contribution in [0.1, 0.15) is 12.8 Å². The third kappa shape index (κ3) is 12.8. The molecule has 0 aromatic heterocycles. The molecule has 0 bridgehead atoms. The van der Waals surface area contributed by atoms with Gasteiger partial charge in [0.15, 0.2) is 0 Å². The number of aliphatic carboxylic acids is 3. The number of aliphatic hydroxyl groups is 1. The standard InChI is InChI=1S/C6H8O7.3Rb/c7-3(8)1-6(13,5(11)12)2-4(9)10;;;/h13H,1-2H2,(H,7,8)(H,9,10)(H,11,12);;;/q;3*+1/p-3. The average molecular weight is 446 g/mol. The van der Waals surface area contributed by atoms with Gasteiger partial charge in [0.2, 0.25) is 0 Å². The first kappa shape index (κ1) is 28.0. The molecule has 0 atom stereocenters. The molecular weight excluding hydrogens is 440 g/mol. The fraction of sp³-hybridized carbons (Fsp3) is 0.500. The Morgan fingerprint density at radius 1 is 0.875 bits per heavy atom. The second-order valence-electron chi connectivity index (χ2n) is 2.42. The van der Waals surface area contributed by atoms with Crippen LogP contribution in [-0.4, -0.2) is 28.6 Å². The summed E-state index contributed by atoms with van der Waals surface area (Å²) >= 11 is 0. The average Bonchev–Trinajstić information content (AvgIpc) is 1.82. The van der Waals surface area contributed by atoms with Crippen molar-refractivity contribution in [2.24, 2.45) is 0 Å². The van der Waals surface area contributed by atoms with Crippen LogP contribution in [0.2, 0.25) is 0 Å². The molecule has 74 valence electrons. The predicted molar refractivity (Wildman–Crippen MR) is 29.2 cm³/mol. The minimum atomic E-state index is -2.97. The maximum absolute atomic E-state index is 10.1. The first-order chi connectivity index (χ1) is 5.78. The van der Waals surface area contributed by atoms with E-state index in [1.54, 1.807) is 0 Å². The van der Waals surface area contributed by atoms with E-state index in [0.717, 1.165) is 0 Å². The quantitative estimate of drug-likeness (QED) is 0.443. The molecule has 0 aliphatic heterocycles. The number of carboxylic acid groups (broad SMARTS) is 3. The van der Waals surface area contributed by atoms with E-state index in [-0.39, 0.29) is 175 Å². The van der Waals surface area contributed by atoms with E-state index in [9.17, 15) is 29.7 Å². The van der Waals surface area contributed by atoms with Gasteiger partial charge in [-0.25, -0.2) is 0 Å². The van der Waals surface area contributed by atoms with Crippen LogP contribution in [0.25, 0.3) is 0 Å². The molecule has 0 aromatic carbocycles. The van der Waals surface area contributed by atoms with Gasteiger partial charge in [0.1, 0.15) is 5.60 Å². The molecule has 0 saturated heterocycles. The molecule has 0 amide bonds. The van der Waals surface area contributed by atoms with Crippen LogP contribution in [0.3, 0.4) is 0 Å². The third-order valence-electron chi connectivity index (χ3n) is 1.25. The summed E-state index contributed by atoms with van der Waals surface area (Å²) in [5.41, 5.74) is -2.97. The first-order valence-electron chi connectivity index (χ1n) is 3.11. The Morgan fingerprint density at radius 2 is 1.12 bits per heavy atom. The minimum absolute atomic E-state index is 0. The fourth-order valence-electron chi connectivity index (χ4n) is 0.684. The molecule has 0 rings (SSSR count). The molecule has 0 saturated carbocycles. The Kier molecular flexibility index (Phi) is 24.1. The van der Waals surface area contributed by atoms with Crippen LogP contribution >= 0.6 is 0 Å². The molecule has 10 heteroatoms. The Balaban J connectivity index is -0.000000240. The molecule has 0 fully saturated rings. The van der Waals surface area contributed by atoms with Gasteiger partial charge in [-0.3, -0.25) is 0 Å². The monoisotopic (exact) mass is 444 g/mol. The molecule has 1 N–H and O–H groups in total. The van der Waals surface area contributed by atoms with Crippen LogP contribution in [0.15, 0.2) is 0 Å². The van der Waals surface area contributed by atoms with Crippen LogP contribution in [-0.2, 0) is 14.4 Å². The van der Waals surface area contributed by atoms with E-state index >= 15 is 0 Å². The molecule has 0 aliphatic rings. The van der Waals surface area contributed by atoms with Gasteiger partial charge in [0.25, 0.3) is 0 Å². The summed E-state index contributed by atoms with van der Waals surface area (Å²) < 4.78 is 0. The second kappa shape index (κ2) is 13.8. The summed E-state index contributed by atoms with van der Waals surface area (Å²) in [5, 5.41) is 38.9. The van der Waals surface area contributed by atoms with Gasteiger partial charge in [0.05, 0.1) is 5.97 Å². The van der Waals surface area contributed by atoms with Gasteiger partial charge in [-0.05, 0) is 0 Å². The minimum Gasteiger partial charge on any atom is -0.550 e. The summed E-state index contributed by atoms with van der Waals surface area (Å²) in [6.07, 6.45) is -2.72. The number of carbonyl (C=O) groups is 3. The molecule has 0 spiro atoms. The van der Waals surface area contributed by atoms with E-state index in [0.29, 0.717) is 0 Å². The van der Waals surface area contributed by atoms with Crippen molar-refractivity contribution in [3.8, 4) is 0 Å². The molecule has 0 unspecified atom stereocenters. The van der Waals surface area contributed by atoms with Crippen LogP contribution in [0, 0.1) is 0 Å². The molecule has 0 radical (unpaired) electrons. The van der Waals surface area contributed by atoms with Crippen LogP contribution in [0.4, 0.5) is 0 Å². The zero-order valence-corrected chi connectivity index (χ0v) is 24.1. The fourth-order valence-corrected chi connectivity index (χ4v) is 0.684. The Labute approximate surface area is 238 Å². The Bertz CT molecular complexity index is 239. The van der Waals surface area contributed by atoms with Crippen molar-refractivity contribution in [2.75, 3.05) is 0 Å². The van der Waals surface area contributed by atoms with Crippen molar-refractivity contribution in [1.29, 1.82) is 0 Å². The molecule has 0 aliphatic carbocycles. The summed E-state index contributed by atoms with van der Waals surface area (Å²) in [5.74, 6) is -5.98. The molecule has 16 heavy (non-hydrogen) atoms. The zero-order valence-electron chi connectivity index (χ0n) is 9.31. The largest absolute Gasteiger partial charge is 1.00 e. The van der Waals surface area contributed by atoms with Gasteiger partial charge < -0.3 is 34.8 Å². The Morgan fingerprint density at radius 3 is 1.25 bits per heavy atom. The van der Waals surface area contributed by atoms with E-state index in [4.69, 9.17) is 5.11 Å². The van der Waals surface area contributed by atoms with Crippen molar-refractivity contribution < 1.29 is 209 Å². The summed E-state index contributed by atoms with van der Waals surface area (Å²) in [6, 6.07) is 0. The smallest absolute Gasteiger partial charge is 0.550 e. The molecule has 7 nitrogen and oxygen atoms in total. The number of carbonyl (C=O) groups excluding carboxylic acids is 3. The summed E-state index contributed by atoms with van der Waals surface area (Å²) in [4.78, 5) is 30.0. The zero-order chi connectivity index (χ0) is 10.6. The number of hydrogen-bond acceptors (Lipinski definition) is 7. The number of rotatable bonds is 5. The van der Waals surface area contributed by atoms with Gasteiger partial charge >= 0.3 is 175 Å². The van der Waals surface area contributed by atoms with E-state index < -0.39 is 36.4 Å². The summed E-state index contributed by atoms with van der Waals surface area (Å²) in [7, 11) is 0. The van der Waals surface area contributed by atoms with E-state index in [2.05, 4.69) is 0 Å². The maximum atomic E-state index is 10.1. The van der Waals surface area contributed by atoms with Crippen molar-refractivity contribution in [3.05, 3.63) is 0 Å². The topological polar surface area (TPSA) is 141 Å². The normalized spacial score (nSPS) is 8.81. The van der Waals surface area contributed by atoms with Gasteiger partial charge in [-0.2, -0.15) is 0 Å². The van der Waals surface area contributed by atoms with Gasteiger partial charge in [-0.15, -0.1) is 0 Å². The number of hydrogen-bond donors (Lipinski definition) is 1. The van der Waals surface area contributed by atoms with Gasteiger partial charge in [-0.1, -0.05) is 0 Å². The molecule has 0 aromatic rings. The molecular formula is C6H5O7Rb3.